The first kappa shape index (κ1) is 18.5. The van der Waals surface area contributed by atoms with Crippen LogP contribution in [0.4, 0.5) is 0 Å². The van der Waals surface area contributed by atoms with E-state index in [0.29, 0.717) is 25.6 Å². The van der Waals surface area contributed by atoms with E-state index in [-0.39, 0.29) is 11.5 Å². The predicted molar refractivity (Wildman–Crippen MR) is 102 cm³/mol. The lowest BCUT2D eigenvalue weighted by molar-refractivity contribution is -0.119. The Labute approximate surface area is 153 Å². The van der Waals surface area contributed by atoms with Gasteiger partial charge < -0.3 is 15.0 Å². The zero-order valence-corrected chi connectivity index (χ0v) is 15.5. The van der Waals surface area contributed by atoms with Gasteiger partial charge in [-0.05, 0) is 56.5 Å². The zero-order chi connectivity index (χ0) is 18.5. The quantitative estimate of drug-likeness (QED) is 0.832. The molecule has 26 heavy (non-hydrogen) atoms. The molecule has 0 radical (unpaired) electrons. The van der Waals surface area contributed by atoms with Gasteiger partial charge in [0.15, 0.2) is 0 Å². The molecule has 6 nitrogen and oxygen atoms in total. The number of nitrogens with one attached hydrogen (secondary N) is 2. The lowest BCUT2D eigenvalue weighted by atomic mass is 9.97. The molecule has 2 aromatic rings. The average molecular weight is 357 g/mol. The van der Waals surface area contributed by atoms with E-state index in [1.165, 1.54) is 0 Å². The molecule has 1 fully saturated rings. The monoisotopic (exact) mass is 357 g/mol. The van der Waals surface area contributed by atoms with Crippen molar-refractivity contribution in [3.63, 3.8) is 0 Å². The van der Waals surface area contributed by atoms with Gasteiger partial charge in [-0.15, -0.1) is 0 Å². The summed E-state index contributed by atoms with van der Waals surface area (Å²) in [4.78, 5) is 28.8. The van der Waals surface area contributed by atoms with E-state index >= 15 is 0 Å². The molecule has 6 heteroatoms. The van der Waals surface area contributed by atoms with Crippen LogP contribution >= 0.6 is 0 Å². The van der Waals surface area contributed by atoms with Crippen LogP contribution in [-0.2, 0) is 11.3 Å². The molecule has 1 aromatic carbocycles. The fourth-order valence-corrected chi connectivity index (χ4v) is 3.59. The maximum Gasteiger partial charge on any atom is 0.252 e. The third-order valence-corrected chi connectivity index (χ3v) is 4.84. The van der Waals surface area contributed by atoms with E-state index < -0.39 is 0 Å². The molecule has 2 heterocycles. The van der Waals surface area contributed by atoms with Crippen LogP contribution in [0.5, 0.6) is 5.75 Å². The van der Waals surface area contributed by atoms with Crippen LogP contribution < -0.4 is 15.6 Å². The van der Waals surface area contributed by atoms with Gasteiger partial charge in [0.25, 0.3) is 5.56 Å². The molecule has 1 aliphatic heterocycles. The van der Waals surface area contributed by atoms with E-state index in [4.69, 9.17) is 4.74 Å². The lowest BCUT2D eigenvalue weighted by Crippen LogP contribution is -2.40. The largest absolute Gasteiger partial charge is 0.494 e. The highest BCUT2D eigenvalue weighted by Crippen LogP contribution is 2.21. The summed E-state index contributed by atoms with van der Waals surface area (Å²) in [5.41, 5.74) is 1.56. The van der Waals surface area contributed by atoms with Gasteiger partial charge >= 0.3 is 0 Å². The molecule has 1 aliphatic rings. The van der Waals surface area contributed by atoms with Crippen molar-refractivity contribution in [2.24, 2.45) is 5.92 Å². The second kappa shape index (κ2) is 8.36. The Balaban J connectivity index is 1.73. The number of aromatic nitrogens is 1. The highest BCUT2D eigenvalue weighted by Gasteiger charge is 2.21. The number of carbonyl (C=O) groups is 1. The number of pyridine rings is 1. The van der Waals surface area contributed by atoms with Gasteiger partial charge in [0.2, 0.25) is 5.91 Å². The van der Waals surface area contributed by atoms with Crippen LogP contribution in [0.3, 0.4) is 0 Å². The number of piperidine rings is 1. The van der Waals surface area contributed by atoms with Gasteiger partial charge in [-0.2, -0.15) is 0 Å². The first-order valence-corrected chi connectivity index (χ1v) is 9.30. The van der Waals surface area contributed by atoms with Crippen molar-refractivity contribution in [3.8, 4) is 5.75 Å². The van der Waals surface area contributed by atoms with E-state index in [0.717, 1.165) is 48.1 Å². The second-order valence-corrected chi connectivity index (χ2v) is 6.99. The standard InChI is InChI=1S/C20H27N3O3/c1-3-26-18-6-7-19-16(10-18)9-17(20(25)22-19)13-23-8-4-5-15(12-23)11-21-14(2)24/h6-7,9-10,15H,3-5,8,11-13H2,1-2H3,(H,21,24)(H,22,25)/t15-/m1/s1. The molecule has 0 unspecified atom stereocenters. The summed E-state index contributed by atoms with van der Waals surface area (Å²) in [6.07, 6.45) is 2.20. The molecule has 3 rings (SSSR count). The summed E-state index contributed by atoms with van der Waals surface area (Å²) in [5, 5.41) is 3.89. The van der Waals surface area contributed by atoms with Gasteiger partial charge in [0.05, 0.1) is 6.61 Å². The molecular formula is C20H27N3O3. The fourth-order valence-electron chi connectivity index (χ4n) is 3.59. The normalized spacial score (nSPS) is 18.0. The average Bonchev–Trinajstić information content (AvgIpc) is 2.61. The topological polar surface area (TPSA) is 74.4 Å². The van der Waals surface area contributed by atoms with Crippen molar-refractivity contribution in [1.82, 2.24) is 15.2 Å². The Hall–Kier alpha value is -2.34. The van der Waals surface area contributed by atoms with Crippen LogP contribution in [0.2, 0.25) is 0 Å². The highest BCUT2D eigenvalue weighted by molar-refractivity contribution is 5.80. The Morgan fingerprint density at radius 1 is 1.38 bits per heavy atom. The summed E-state index contributed by atoms with van der Waals surface area (Å²) in [6.45, 7) is 7.33. The number of fused-ring (bicyclic) bond motifs is 1. The van der Waals surface area contributed by atoms with Gasteiger partial charge in [0.1, 0.15) is 5.75 Å². The van der Waals surface area contributed by atoms with Crippen LogP contribution in [0.1, 0.15) is 32.3 Å². The number of likely N-dealkylation sites (tertiary alicyclic amines) is 1. The lowest BCUT2D eigenvalue weighted by Gasteiger charge is -2.32. The van der Waals surface area contributed by atoms with Crippen LogP contribution in [0.25, 0.3) is 10.9 Å². The summed E-state index contributed by atoms with van der Waals surface area (Å²) < 4.78 is 5.56. The van der Waals surface area contributed by atoms with Gasteiger partial charge in [-0.3, -0.25) is 14.5 Å². The third kappa shape index (κ3) is 4.64. The van der Waals surface area contributed by atoms with E-state index in [1.807, 2.05) is 31.2 Å². The molecule has 2 N–H and O–H groups in total. The zero-order valence-electron chi connectivity index (χ0n) is 15.5. The third-order valence-electron chi connectivity index (χ3n) is 4.84. The van der Waals surface area contributed by atoms with E-state index in [9.17, 15) is 9.59 Å². The number of benzene rings is 1. The van der Waals surface area contributed by atoms with Crippen molar-refractivity contribution in [1.29, 1.82) is 0 Å². The SMILES string of the molecule is CCOc1ccc2[nH]c(=O)c(CN3CCC[C@H](CNC(C)=O)C3)cc2c1. The molecular weight excluding hydrogens is 330 g/mol. The number of hydrogen-bond donors (Lipinski definition) is 2. The van der Waals surface area contributed by atoms with Crippen molar-refractivity contribution < 1.29 is 9.53 Å². The Morgan fingerprint density at radius 3 is 3.00 bits per heavy atom. The number of ether oxygens (including phenoxy) is 1. The van der Waals surface area contributed by atoms with Crippen LogP contribution in [0.15, 0.2) is 29.1 Å². The number of hydrogen-bond acceptors (Lipinski definition) is 4. The molecule has 0 bridgehead atoms. The van der Waals surface area contributed by atoms with Crippen molar-refractivity contribution in [3.05, 3.63) is 40.2 Å². The summed E-state index contributed by atoms with van der Waals surface area (Å²) in [5.74, 6) is 1.27. The number of nitrogens with zero attached hydrogens (tertiary/aromatic N) is 1. The first-order valence-electron chi connectivity index (χ1n) is 9.30. The van der Waals surface area contributed by atoms with Gasteiger partial charge in [-0.25, -0.2) is 0 Å². The van der Waals surface area contributed by atoms with Crippen molar-refractivity contribution in [2.75, 3.05) is 26.2 Å². The highest BCUT2D eigenvalue weighted by atomic mass is 16.5. The van der Waals surface area contributed by atoms with Crippen molar-refractivity contribution >= 4 is 16.8 Å². The molecule has 1 aromatic heterocycles. The summed E-state index contributed by atoms with van der Waals surface area (Å²) >= 11 is 0. The number of rotatable bonds is 6. The minimum atomic E-state index is -0.0364. The number of amides is 1. The second-order valence-electron chi connectivity index (χ2n) is 6.99. The summed E-state index contributed by atoms with van der Waals surface area (Å²) in [7, 11) is 0. The van der Waals surface area contributed by atoms with Gasteiger partial charge in [-0.1, -0.05) is 0 Å². The van der Waals surface area contributed by atoms with Crippen LogP contribution in [0, 0.1) is 5.92 Å². The molecule has 1 atom stereocenters. The van der Waals surface area contributed by atoms with Crippen LogP contribution in [-0.4, -0.2) is 42.0 Å². The number of carbonyl (C=O) groups excluding carboxylic acids is 1. The van der Waals surface area contributed by atoms with Gasteiger partial charge in [0, 0.05) is 43.0 Å². The maximum absolute atomic E-state index is 12.4. The first-order chi connectivity index (χ1) is 12.5. The molecule has 0 spiro atoms. The Morgan fingerprint density at radius 2 is 2.23 bits per heavy atom. The molecule has 1 saturated heterocycles. The number of aromatic amines is 1. The van der Waals surface area contributed by atoms with Crippen molar-refractivity contribution in [2.45, 2.75) is 33.2 Å². The minimum absolute atomic E-state index is 0.0122. The maximum atomic E-state index is 12.4. The Bertz CT molecular complexity index is 831. The summed E-state index contributed by atoms with van der Waals surface area (Å²) in [6, 6.07) is 7.69. The minimum Gasteiger partial charge on any atom is -0.494 e. The molecule has 140 valence electrons. The number of H-pyrrole nitrogens is 1. The molecule has 0 aliphatic carbocycles. The predicted octanol–water partition coefficient (Wildman–Crippen LogP) is 2.27. The fraction of sp³-hybridized carbons (Fsp3) is 0.500. The smallest absolute Gasteiger partial charge is 0.252 e. The van der Waals surface area contributed by atoms with E-state index in [1.54, 1.807) is 6.92 Å². The molecule has 0 saturated carbocycles. The molecule has 1 amide bonds. The Kier molecular flexibility index (Phi) is 5.93. The van der Waals surface area contributed by atoms with E-state index in [2.05, 4.69) is 15.2 Å².